The third-order valence-corrected chi connectivity index (χ3v) is 2.98. The third kappa shape index (κ3) is 3.76. The van der Waals surface area contributed by atoms with Gasteiger partial charge in [0.2, 0.25) is 0 Å². The first-order chi connectivity index (χ1) is 8.63. The molecule has 0 saturated carbocycles. The van der Waals surface area contributed by atoms with Crippen LogP contribution in [0.5, 0.6) is 5.75 Å². The SMILES string of the molecule is Oc1cccc(CC(O)Cc2cccc(Cl)c2)c1. The maximum absolute atomic E-state index is 10.0. The predicted octanol–water partition coefficient (Wildman–Crippen LogP) is 3.19. The number of aromatic hydroxyl groups is 1. The molecular formula is C15H15ClO2. The Morgan fingerprint density at radius 3 is 2.17 bits per heavy atom. The summed E-state index contributed by atoms with van der Waals surface area (Å²) in [6.07, 6.45) is 0.585. The van der Waals surface area contributed by atoms with Gasteiger partial charge in [-0.25, -0.2) is 0 Å². The first-order valence-corrected chi connectivity index (χ1v) is 6.22. The number of hydrogen-bond acceptors (Lipinski definition) is 2. The van der Waals surface area contributed by atoms with Crippen LogP contribution in [0.25, 0.3) is 0 Å². The molecule has 94 valence electrons. The summed E-state index contributed by atoms with van der Waals surface area (Å²) in [5.74, 6) is 0.224. The number of benzene rings is 2. The van der Waals surface area contributed by atoms with Crippen molar-refractivity contribution < 1.29 is 10.2 Å². The van der Waals surface area contributed by atoms with Gasteiger partial charge >= 0.3 is 0 Å². The molecule has 0 bridgehead atoms. The first-order valence-electron chi connectivity index (χ1n) is 5.84. The lowest BCUT2D eigenvalue weighted by atomic mass is 10.0. The Bertz CT molecular complexity index is 478. The molecule has 0 heterocycles. The fourth-order valence-electron chi connectivity index (χ4n) is 1.96. The molecule has 2 aromatic carbocycles. The van der Waals surface area contributed by atoms with Gasteiger partial charge in [0.05, 0.1) is 6.10 Å². The van der Waals surface area contributed by atoms with Crippen molar-refractivity contribution in [2.45, 2.75) is 18.9 Å². The zero-order valence-electron chi connectivity index (χ0n) is 9.88. The van der Waals surface area contributed by atoms with E-state index in [2.05, 4.69) is 0 Å². The molecule has 2 rings (SSSR count). The minimum Gasteiger partial charge on any atom is -0.508 e. The van der Waals surface area contributed by atoms with Crippen molar-refractivity contribution in [3.8, 4) is 5.75 Å². The highest BCUT2D eigenvalue weighted by Crippen LogP contribution is 2.16. The van der Waals surface area contributed by atoms with Gasteiger partial charge in [-0.15, -0.1) is 0 Å². The molecule has 2 N–H and O–H groups in total. The molecule has 2 nitrogen and oxygen atoms in total. The van der Waals surface area contributed by atoms with Crippen molar-refractivity contribution in [1.29, 1.82) is 0 Å². The van der Waals surface area contributed by atoms with E-state index in [1.807, 2.05) is 30.3 Å². The summed E-state index contributed by atoms with van der Waals surface area (Å²) in [6, 6.07) is 14.4. The number of hydrogen-bond donors (Lipinski definition) is 2. The minimum atomic E-state index is -0.481. The normalized spacial score (nSPS) is 12.3. The first kappa shape index (κ1) is 12.9. The largest absolute Gasteiger partial charge is 0.508 e. The molecular weight excluding hydrogens is 248 g/mol. The quantitative estimate of drug-likeness (QED) is 0.888. The summed E-state index contributed by atoms with van der Waals surface area (Å²) in [5.41, 5.74) is 1.93. The molecule has 1 atom stereocenters. The van der Waals surface area contributed by atoms with E-state index in [-0.39, 0.29) is 5.75 Å². The molecule has 0 aliphatic carbocycles. The summed E-state index contributed by atoms with van der Waals surface area (Å²) in [7, 11) is 0. The lowest BCUT2D eigenvalue weighted by molar-refractivity contribution is 0.175. The lowest BCUT2D eigenvalue weighted by Crippen LogP contribution is -2.13. The molecule has 18 heavy (non-hydrogen) atoms. The molecule has 0 aromatic heterocycles. The van der Waals surface area contributed by atoms with Gasteiger partial charge in [-0.05, 0) is 48.2 Å². The fourth-order valence-corrected chi connectivity index (χ4v) is 2.18. The molecule has 2 aromatic rings. The maximum Gasteiger partial charge on any atom is 0.115 e. The summed E-state index contributed by atoms with van der Waals surface area (Å²) in [4.78, 5) is 0. The Hall–Kier alpha value is -1.51. The summed E-state index contributed by atoms with van der Waals surface area (Å²) < 4.78 is 0. The average Bonchev–Trinajstić information content (AvgIpc) is 2.28. The van der Waals surface area contributed by atoms with Crippen LogP contribution >= 0.6 is 11.6 Å². The van der Waals surface area contributed by atoms with Gasteiger partial charge in [0.1, 0.15) is 5.75 Å². The van der Waals surface area contributed by atoms with Crippen molar-refractivity contribution in [2.24, 2.45) is 0 Å². The predicted molar refractivity (Wildman–Crippen MR) is 73.0 cm³/mol. The van der Waals surface area contributed by atoms with Crippen molar-refractivity contribution in [1.82, 2.24) is 0 Å². The molecule has 0 spiro atoms. The van der Waals surface area contributed by atoms with E-state index in [0.717, 1.165) is 11.1 Å². The topological polar surface area (TPSA) is 40.5 Å². The summed E-state index contributed by atoms with van der Waals surface area (Å²) >= 11 is 5.89. The number of phenols is 1. The summed E-state index contributed by atoms with van der Waals surface area (Å²) in [5, 5.41) is 20.0. The number of rotatable bonds is 4. The summed E-state index contributed by atoms with van der Waals surface area (Å²) in [6.45, 7) is 0. The van der Waals surface area contributed by atoms with Crippen LogP contribution in [0.3, 0.4) is 0 Å². The van der Waals surface area contributed by atoms with Gasteiger partial charge in [-0.3, -0.25) is 0 Å². The highest BCUT2D eigenvalue weighted by atomic mass is 35.5. The van der Waals surface area contributed by atoms with Crippen molar-refractivity contribution in [3.05, 3.63) is 64.7 Å². The van der Waals surface area contributed by atoms with Crippen LogP contribution in [0.4, 0.5) is 0 Å². The Kier molecular flexibility index (Phi) is 4.24. The molecule has 0 aliphatic rings. The molecule has 0 fully saturated rings. The lowest BCUT2D eigenvalue weighted by Gasteiger charge is -2.11. The molecule has 0 aliphatic heterocycles. The zero-order chi connectivity index (χ0) is 13.0. The van der Waals surface area contributed by atoms with Gasteiger partial charge in [0.25, 0.3) is 0 Å². The van der Waals surface area contributed by atoms with Gasteiger partial charge < -0.3 is 10.2 Å². The van der Waals surface area contributed by atoms with E-state index in [1.165, 1.54) is 0 Å². The number of halogens is 1. The second-order valence-electron chi connectivity index (χ2n) is 4.36. The monoisotopic (exact) mass is 262 g/mol. The van der Waals surface area contributed by atoms with Crippen LogP contribution in [0, 0.1) is 0 Å². The van der Waals surface area contributed by atoms with Crippen molar-refractivity contribution >= 4 is 11.6 Å². The Balaban J connectivity index is 1.98. The smallest absolute Gasteiger partial charge is 0.115 e. The van der Waals surface area contributed by atoms with E-state index in [4.69, 9.17) is 11.6 Å². The van der Waals surface area contributed by atoms with Crippen molar-refractivity contribution in [2.75, 3.05) is 0 Å². The maximum atomic E-state index is 10.0. The van der Waals surface area contributed by atoms with Crippen LogP contribution in [0.2, 0.25) is 5.02 Å². The number of aliphatic hydroxyl groups excluding tert-OH is 1. The second-order valence-corrected chi connectivity index (χ2v) is 4.80. The van der Waals surface area contributed by atoms with Gasteiger partial charge in [-0.1, -0.05) is 35.9 Å². The van der Waals surface area contributed by atoms with Crippen LogP contribution in [-0.2, 0) is 12.8 Å². The fraction of sp³-hybridized carbons (Fsp3) is 0.200. The zero-order valence-corrected chi connectivity index (χ0v) is 10.6. The standard InChI is InChI=1S/C15H15ClO2/c16-13-5-1-3-11(7-13)9-15(18)10-12-4-2-6-14(17)8-12/h1-8,15,17-18H,9-10H2. The van der Waals surface area contributed by atoms with E-state index >= 15 is 0 Å². The molecule has 0 radical (unpaired) electrons. The van der Waals surface area contributed by atoms with Crippen molar-refractivity contribution in [3.63, 3.8) is 0 Å². The highest BCUT2D eigenvalue weighted by Gasteiger charge is 2.07. The Labute approximate surface area is 111 Å². The van der Waals surface area contributed by atoms with Gasteiger partial charge in [0, 0.05) is 5.02 Å². The van der Waals surface area contributed by atoms with Gasteiger partial charge in [0.15, 0.2) is 0 Å². The number of phenolic OH excluding ortho intramolecular Hbond substituents is 1. The van der Waals surface area contributed by atoms with Crippen LogP contribution in [-0.4, -0.2) is 16.3 Å². The van der Waals surface area contributed by atoms with E-state index < -0.39 is 6.10 Å². The third-order valence-electron chi connectivity index (χ3n) is 2.74. The van der Waals surface area contributed by atoms with E-state index in [9.17, 15) is 10.2 Å². The Morgan fingerprint density at radius 1 is 0.944 bits per heavy atom. The molecule has 3 heteroatoms. The van der Waals surface area contributed by atoms with E-state index in [0.29, 0.717) is 17.9 Å². The highest BCUT2D eigenvalue weighted by molar-refractivity contribution is 6.30. The minimum absolute atomic E-state index is 0.224. The molecule has 0 amide bonds. The molecule has 0 saturated heterocycles. The second kappa shape index (κ2) is 5.89. The Morgan fingerprint density at radius 2 is 1.56 bits per heavy atom. The van der Waals surface area contributed by atoms with Crippen LogP contribution < -0.4 is 0 Å². The molecule has 1 unspecified atom stereocenters. The average molecular weight is 263 g/mol. The van der Waals surface area contributed by atoms with E-state index in [1.54, 1.807) is 18.2 Å². The van der Waals surface area contributed by atoms with Crippen LogP contribution in [0.1, 0.15) is 11.1 Å². The van der Waals surface area contributed by atoms with Crippen LogP contribution in [0.15, 0.2) is 48.5 Å². The van der Waals surface area contributed by atoms with Gasteiger partial charge in [-0.2, -0.15) is 0 Å². The number of aliphatic hydroxyl groups is 1.